The summed E-state index contributed by atoms with van der Waals surface area (Å²) >= 11 is 6.29. The molecule has 5 nitrogen and oxygen atoms in total. The number of ether oxygens (including phenoxy) is 1. The molecule has 7 heteroatoms. The number of thioether (sulfide) groups is 1. The maximum absolute atomic E-state index is 12.5. The molecule has 1 atom stereocenters. The molecule has 1 heterocycles. The molecule has 152 valence electrons. The van der Waals surface area contributed by atoms with Crippen LogP contribution < -0.4 is 4.74 Å². The third kappa shape index (κ3) is 6.34. The molecule has 0 spiro atoms. The summed E-state index contributed by atoms with van der Waals surface area (Å²) in [5, 5.41) is 9.13. The third-order valence-electron chi connectivity index (χ3n) is 4.51. The fraction of sp³-hybridized carbons (Fsp3) is 0.476. The first-order chi connectivity index (χ1) is 13.4. The molecule has 1 amide bonds. The summed E-state index contributed by atoms with van der Waals surface area (Å²) < 4.78 is 6.03. The highest BCUT2D eigenvalue weighted by molar-refractivity contribution is 8.26. The highest BCUT2D eigenvalue weighted by atomic mass is 32.2. The Morgan fingerprint density at radius 3 is 2.50 bits per heavy atom. The number of aliphatic carboxylic acids is 1. The number of hydrogen-bond donors (Lipinski definition) is 1. The molecule has 0 saturated carbocycles. The van der Waals surface area contributed by atoms with E-state index in [1.54, 1.807) is 6.08 Å². The molecule has 1 saturated heterocycles. The van der Waals surface area contributed by atoms with Crippen molar-refractivity contribution in [1.82, 2.24) is 4.90 Å². The predicted molar refractivity (Wildman–Crippen MR) is 117 cm³/mol. The summed E-state index contributed by atoms with van der Waals surface area (Å²) in [7, 11) is 0. The summed E-state index contributed by atoms with van der Waals surface area (Å²) in [5.74, 6) is -0.643. The molecule has 28 heavy (non-hydrogen) atoms. The van der Waals surface area contributed by atoms with Crippen molar-refractivity contribution in [1.29, 1.82) is 0 Å². The normalized spacial score (nSPS) is 16.6. The second-order valence-electron chi connectivity index (χ2n) is 6.75. The van der Waals surface area contributed by atoms with Gasteiger partial charge in [0, 0.05) is 0 Å². The Morgan fingerprint density at radius 1 is 1.21 bits per heavy atom. The molecule has 1 fully saturated rings. The molecular weight excluding hydrogens is 394 g/mol. The van der Waals surface area contributed by atoms with Crippen LogP contribution in [0.4, 0.5) is 0 Å². The predicted octanol–water partition coefficient (Wildman–Crippen LogP) is 5.10. The van der Waals surface area contributed by atoms with Crippen LogP contribution in [0.3, 0.4) is 0 Å². The van der Waals surface area contributed by atoms with Crippen LogP contribution in [0.5, 0.6) is 5.75 Å². The highest BCUT2D eigenvalue weighted by Crippen LogP contribution is 2.34. The van der Waals surface area contributed by atoms with Gasteiger partial charge in [-0.2, -0.15) is 0 Å². The lowest BCUT2D eigenvalue weighted by Gasteiger charge is -2.18. The Kier molecular flexibility index (Phi) is 8.99. The van der Waals surface area contributed by atoms with Gasteiger partial charge in [0.25, 0.3) is 5.91 Å². The van der Waals surface area contributed by atoms with E-state index in [0.717, 1.165) is 34.4 Å². The Bertz CT molecular complexity index is 730. The molecule has 0 bridgehead atoms. The molecule has 0 radical (unpaired) electrons. The standard InChI is InChI=1S/C21H27NO4S2/c1-3-4-5-6-7-8-13-26-17-11-9-16(10-12-17)14-18-19(23)22(21(27)28-18)15(2)20(24)25/h9-12,14-15H,3-8,13H2,1-2H3,(H,24,25). The largest absolute Gasteiger partial charge is 0.494 e. The van der Waals surface area contributed by atoms with Crippen LogP contribution in [0.2, 0.25) is 0 Å². The van der Waals surface area contributed by atoms with Gasteiger partial charge in [0.1, 0.15) is 16.1 Å². The highest BCUT2D eigenvalue weighted by Gasteiger charge is 2.38. The maximum atomic E-state index is 12.5. The van der Waals surface area contributed by atoms with E-state index in [2.05, 4.69) is 6.92 Å². The molecule has 1 aliphatic rings. The van der Waals surface area contributed by atoms with Gasteiger partial charge in [-0.15, -0.1) is 0 Å². The minimum absolute atomic E-state index is 0.269. The molecule has 1 aliphatic heterocycles. The van der Waals surface area contributed by atoms with E-state index in [1.165, 1.54) is 39.0 Å². The van der Waals surface area contributed by atoms with Crippen molar-refractivity contribution in [2.24, 2.45) is 0 Å². The van der Waals surface area contributed by atoms with Gasteiger partial charge in [-0.3, -0.25) is 9.69 Å². The van der Waals surface area contributed by atoms with Crippen molar-refractivity contribution in [3.05, 3.63) is 34.7 Å². The average Bonchev–Trinajstić information content (AvgIpc) is 2.95. The average molecular weight is 422 g/mol. The summed E-state index contributed by atoms with van der Waals surface area (Å²) in [6.07, 6.45) is 9.08. The summed E-state index contributed by atoms with van der Waals surface area (Å²) in [5.41, 5.74) is 0.843. The minimum atomic E-state index is -1.08. The fourth-order valence-electron chi connectivity index (χ4n) is 2.81. The molecule has 1 aromatic carbocycles. The van der Waals surface area contributed by atoms with Crippen molar-refractivity contribution < 1.29 is 19.4 Å². The van der Waals surface area contributed by atoms with Gasteiger partial charge in [-0.1, -0.05) is 75.1 Å². The first kappa shape index (κ1) is 22.4. The minimum Gasteiger partial charge on any atom is -0.494 e. The first-order valence-electron chi connectivity index (χ1n) is 9.66. The first-order valence-corrected chi connectivity index (χ1v) is 10.9. The molecule has 1 aromatic rings. The zero-order valence-corrected chi connectivity index (χ0v) is 18.0. The van der Waals surface area contributed by atoms with Crippen LogP contribution >= 0.6 is 24.0 Å². The Labute approximate surface area is 176 Å². The Balaban J connectivity index is 1.87. The zero-order valence-electron chi connectivity index (χ0n) is 16.3. The summed E-state index contributed by atoms with van der Waals surface area (Å²) in [6.45, 7) is 4.37. The molecule has 1 N–H and O–H groups in total. The number of hydrogen-bond acceptors (Lipinski definition) is 5. The van der Waals surface area contributed by atoms with E-state index >= 15 is 0 Å². The number of carboxylic acid groups (broad SMARTS) is 1. The number of thiocarbonyl (C=S) groups is 1. The smallest absolute Gasteiger partial charge is 0.326 e. The Morgan fingerprint density at radius 2 is 1.86 bits per heavy atom. The van der Waals surface area contributed by atoms with E-state index in [4.69, 9.17) is 22.1 Å². The van der Waals surface area contributed by atoms with E-state index in [0.29, 0.717) is 11.5 Å². The topological polar surface area (TPSA) is 66.8 Å². The zero-order chi connectivity index (χ0) is 20.5. The Hall–Kier alpha value is -1.86. The van der Waals surface area contributed by atoms with E-state index in [9.17, 15) is 9.59 Å². The number of amides is 1. The number of rotatable bonds is 11. The lowest BCUT2D eigenvalue weighted by atomic mass is 10.1. The SMILES string of the molecule is CCCCCCCCOc1ccc(C=C2SC(=S)N(C(C)C(=O)O)C2=O)cc1. The quantitative estimate of drug-likeness (QED) is 0.305. The van der Waals surface area contributed by atoms with Crippen molar-refractivity contribution in [3.8, 4) is 5.75 Å². The third-order valence-corrected chi connectivity index (χ3v) is 5.84. The maximum Gasteiger partial charge on any atom is 0.326 e. The van der Waals surface area contributed by atoms with Crippen LogP contribution in [0.15, 0.2) is 29.2 Å². The van der Waals surface area contributed by atoms with Crippen molar-refractivity contribution in [2.45, 2.75) is 58.4 Å². The van der Waals surface area contributed by atoms with Crippen LogP contribution in [0.25, 0.3) is 6.08 Å². The van der Waals surface area contributed by atoms with Crippen LogP contribution in [-0.2, 0) is 9.59 Å². The van der Waals surface area contributed by atoms with Gasteiger partial charge in [-0.05, 0) is 37.1 Å². The summed E-state index contributed by atoms with van der Waals surface area (Å²) in [6, 6.07) is 6.54. The molecule has 0 aliphatic carbocycles. The van der Waals surface area contributed by atoms with E-state index in [1.807, 2.05) is 24.3 Å². The van der Waals surface area contributed by atoms with Crippen LogP contribution in [0.1, 0.15) is 57.9 Å². The van der Waals surface area contributed by atoms with Crippen molar-refractivity contribution in [2.75, 3.05) is 6.61 Å². The van der Waals surface area contributed by atoms with Crippen LogP contribution in [0, 0.1) is 0 Å². The molecule has 1 unspecified atom stereocenters. The second-order valence-corrected chi connectivity index (χ2v) is 8.43. The van der Waals surface area contributed by atoms with Gasteiger partial charge >= 0.3 is 5.97 Å². The molecular formula is C21H27NO4S2. The van der Waals surface area contributed by atoms with Crippen molar-refractivity contribution >= 4 is 46.3 Å². The number of carboxylic acids is 1. The number of unbranched alkanes of at least 4 members (excludes halogenated alkanes) is 5. The van der Waals surface area contributed by atoms with Gasteiger partial charge in [0.15, 0.2) is 0 Å². The number of carbonyl (C=O) groups is 2. The van der Waals surface area contributed by atoms with Crippen LogP contribution in [-0.4, -0.2) is 38.9 Å². The van der Waals surface area contributed by atoms with E-state index in [-0.39, 0.29) is 10.2 Å². The lowest BCUT2D eigenvalue weighted by molar-refractivity contribution is -0.144. The monoisotopic (exact) mass is 421 g/mol. The molecule has 2 rings (SSSR count). The van der Waals surface area contributed by atoms with Gasteiger partial charge in [-0.25, -0.2) is 4.79 Å². The van der Waals surface area contributed by atoms with Crippen molar-refractivity contribution in [3.63, 3.8) is 0 Å². The lowest BCUT2D eigenvalue weighted by Crippen LogP contribution is -2.41. The second kappa shape index (κ2) is 11.2. The number of benzene rings is 1. The number of nitrogens with zero attached hydrogens (tertiary/aromatic N) is 1. The fourth-order valence-corrected chi connectivity index (χ4v) is 4.23. The van der Waals surface area contributed by atoms with E-state index < -0.39 is 12.0 Å². The summed E-state index contributed by atoms with van der Waals surface area (Å²) in [4.78, 5) is 25.2. The number of carbonyl (C=O) groups excluding carboxylic acids is 1. The van der Waals surface area contributed by atoms with Gasteiger partial charge in [0.05, 0.1) is 11.5 Å². The van der Waals surface area contributed by atoms with Gasteiger partial charge < -0.3 is 9.84 Å². The molecule has 0 aromatic heterocycles. The van der Waals surface area contributed by atoms with Gasteiger partial charge in [0.2, 0.25) is 0 Å².